The summed E-state index contributed by atoms with van der Waals surface area (Å²) in [6.45, 7) is 2.70. The zero-order valence-corrected chi connectivity index (χ0v) is 10.5. The lowest BCUT2D eigenvalue weighted by molar-refractivity contribution is 0.409. The largest absolute Gasteiger partial charge is 0.469 e. The Balaban J connectivity index is 1.66. The summed E-state index contributed by atoms with van der Waals surface area (Å²) in [5, 5.41) is 3.54. The summed E-state index contributed by atoms with van der Waals surface area (Å²) in [7, 11) is 0. The summed E-state index contributed by atoms with van der Waals surface area (Å²) in [5.74, 6) is 1.13. The molecule has 0 bridgehead atoms. The molecule has 1 N–H and O–H groups in total. The van der Waals surface area contributed by atoms with Crippen LogP contribution in [0, 0.1) is 6.92 Å². The van der Waals surface area contributed by atoms with E-state index in [0.29, 0.717) is 6.04 Å². The van der Waals surface area contributed by atoms with E-state index in [-0.39, 0.29) is 0 Å². The number of nitrogens with zero attached hydrogens (tertiary/aromatic N) is 2. The summed E-state index contributed by atoms with van der Waals surface area (Å²) >= 11 is 0. The van der Waals surface area contributed by atoms with Crippen LogP contribution in [0.1, 0.15) is 41.6 Å². The molecule has 0 fully saturated rings. The summed E-state index contributed by atoms with van der Waals surface area (Å²) in [6.07, 6.45) is 8.83. The lowest BCUT2D eigenvalue weighted by Crippen LogP contribution is -2.24. The van der Waals surface area contributed by atoms with Crippen LogP contribution in [-0.2, 0) is 13.0 Å². The van der Waals surface area contributed by atoms with E-state index in [9.17, 15) is 0 Å². The molecule has 18 heavy (non-hydrogen) atoms. The number of hydrogen-bond donors (Lipinski definition) is 1. The van der Waals surface area contributed by atoms with Crippen LogP contribution in [0.5, 0.6) is 0 Å². The number of nitrogens with one attached hydrogen (secondary N) is 1. The van der Waals surface area contributed by atoms with Crippen molar-refractivity contribution in [2.45, 2.75) is 38.8 Å². The van der Waals surface area contributed by atoms with Crippen LogP contribution in [0.3, 0.4) is 0 Å². The predicted molar refractivity (Wildman–Crippen MR) is 68.0 cm³/mol. The molecule has 3 rings (SSSR count). The second-order valence-corrected chi connectivity index (χ2v) is 4.77. The molecule has 1 aliphatic carbocycles. The lowest BCUT2D eigenvalue weighted by Gasteiger charge is -2.22. The van der Waals surface area contributed by atoms with Crippen molar-refractivity contribution < 1.29 is 4.42 Å². The Kier molecular flexibility index (Phi) is 3.11. The van der Waals surface area contributed by atoms with Gasteiger partial charge >= 0.3 is 0 Å². The molecule has 1 aliphatic rings. The highest BCUT2D eigenvalue weighted by molar-refractivity contribution is 5.24. The first-order valence-electron chi connectivity index (χ1n) is 6.40. The van der Waals surface area contributed by atoms with E-state index in [0.717, 1.165) is 36.5 Å². The first-order valence-corrected chi connectivity index (χ1v) is 6.40. The fourth-order valence-electron chi connectivity index (χ4n) is 2.44. The molecular formula is C14H17N3O. The molecular weight excluding hydrogens is 226 g/mol. The number of furan rings is 1. The third-order valence-electron chi connectivity index (χ3n) is 3.42. The maximum absolute atomic E-state index is 5.49. The molecule has 0 aliphatic heterocycles. The van der Waals surface area contributed by atoms with E-state index in [1.807, 2.05) is 13.1 Å². The van der Waals surface area contributed by atoms with Crippen molar-refractivity contribution in [2.75, 3.05) is 0 Å². The standard InChI is InChI=1S/C14H17N3O/c1-10-7-16-11(8-15-10)9-17-13-3-2-4-14-12(13)5-6-18-14/h5-8,13,17H,2-4,9H2,1H3. The topological polar surface area (TPSA) is 51.0 Å². The number of rotatable bonds is 3. The van der Waals surface area contributed by atoms with Gasteiger partial charge in [-0.2, -0.15) is 0 Å². The quantitative estimate of drug-likeness (QED) is 0.900. The molecule has 4 heteroatoms. The average molecular weight is 243 g/mol. The highest BCUT2D eigenvalue weighted by Crippen LogP contribution is 2.30. The van der Waals surface area contributed by atoms with Crippen LogP contribution in [0.2, 0.25) is 0 Å². The summed E-state index contributed by atoms with van der Waals surface area (Å²) in [4.78, 5) is 8.61. The molecule has 0 spiro atoms. The molecule has 2 aromatic rings. The highest BCUT2D eigenvalue weighted by atomic mass is 16.3. The zero-order chi connectivity index (χ0) is 12.4. The summed E-state index contributed by atoms with van der Waals surface area (Å²) < 4.78 is 5.49. The van der Waals surface area contributed by atoms with Crippen LogP contribution in [0.4, 0.5) is 0 Å². The van der Waals surface area contributed by atoms with Crippen molar-refractivity contribution >= 4 is 0 Å². The molecule has 1 unspecified atom stereocenters. The summed E-state index contributed by atoms with van der Waals surface area (Å²) in [5.41, 5.74) is 3.24. The minimum atomic E-state index is 0.385. The summed E-state index contributed by atoms with van der Waals surface area (Å²) in [6, 6.07) is 2.46. The van der Waals surface area contributed by atoms with Crippen molar-refractivity contribution in [3.05, 3.63) is 47.4 Å². The second-order valence-electron chi connectivity index (χ2n) is 4.77. The van der Waals surface area contributed by atoms with Gasteiger partial charge in [-0.15, -0.1) is 0 Å². The minimum absolute atomic E-state index is 0.385. The number of aromatic nitrogens is 2. The van der Waals surface area contributed by atoms with Crippen LogP contribution < -0.4 is 5.32 Å². The normalized spacial score (nSPS) is 18.6. The Morgan fingerprint density at radius 1 is 1.39 bits per heavy atom. The molecule has 0 aromatic carbocycles. The maximum atomic E-state index is 5.49. The van der Waals surface area contributed by atoms with Gasteiger partial charge in [-0.1, -0.05) is 0 Å². The van der Waals surface area contributed by atoms with E-state index in [1.54, 1.807) is 12.5 Å². The average Bonchev–Trinajstić information content (AvgIpc) is 2.87. The third kappa shape index (κ3) is 2.29. The Labute approximate surface area is 106 Å². The van der Waals surface area contributed by atoms with Crippen molar-refractivity contribution in [2.24, 2.45) is 0 Å². The van der Waals surface area contributed by atoms with Crippen molar-refractivity contribution in [1.82, 2.24) is 15.3 Å². The fourth-order valence-corrected chi connectivity index (χ4v) is 2.44. The van der Waals surface area contributed by atoms with Crippen molar-refractivity contribution in [3.8, 4) is 0 Å². The molecule has 0 saturated carbocycles. The first-order chi connectivity index (χ1) is 8.83. The van der Waals surface area contributed by atoms with Crippen LogP contribution in [0.25, 0.3) is 0 Å². The number of hydrogen-bond acceptors (Lipinski definition) is 4. The highest BCUT2D eigenvalue weighted by Gasteiger charge is 2.21. The van der Waals surface area contributed by atoms with Gasteiger partial charge in [-0.25, -0.2) is 0 Å². The van der Waals surface area contributed by atoms with E-state index in [2.05, 4.69) is 21.4 Å². The van der Waals surface area contributed by atoms with Gasteiger partial charge in [-0.3, -0.25) is 9.97 Å². The first kappa shape index (κ1) is 11.4. The van der Waals surface area contributed by atoms with Gasteiger partial charge in [0.05, 0.1) is 17.7 Å². The Hall–Kier alpha value is -1.68. The monoisotopic (exact) mass is 243 g/mol. The van der Waals surface area contributed by atoms with E-state index >= 15 is 0 Å². The minimum Gasteiger partial charge on any atom is -0.469 e. The van der Waals surface area contributed by atoms with Gasteiger partial charge < -0.3 is 9.73 Å². The SMILES string of the molecule is Cc1cnc(CNC2CCCc3occc32)cn1. The molecule has 0 saturated heterocycles. The molecule has 0 radical (unpaired) electrons. The van der Waals surface area contributed by atoms with Gasteiger partial charge in [0.1, 0.15) is 5.76 Å². The molecule has 4 nitrogen and oxygen atoms in total. The van der Waals surface area contributed by atoms with Crippen LogP contribution in [0.15, 0.2) is 29.1 Å². The maximum Gasteiger partial charge on any atom is 0.108 e. The van der Waals surface area contributed by atoms with Gasteiger partial charge in [0, 0.05) is 37.0 Å². The Morgan fingerprint density at radius 2 is 2.33 bits per heavy atom. The van der Waals surface area contributed by atoms with Gasteiger partial charge in [0.25, 0.3) is 0 Å². The second kappa shape index (κ2) is 4.90. The predicted octanol–water partition coefficient (Wildman–Crippen LogP) is 2.55. The van der Waals surface area contributed by atoms with Crippen LogP contribution in [-0.4, -0.2) is 9.97 Å². The molecule has 94 valence electrons. The van der Waals surface area contributed by atoms with E-state index in [1.165, 1.54) is 12.0 Å². The third-order valence-corrected chi connectivity index (χ3v) is 3.42. The van der Waals surface area contributed by atoms with Gasteiger partial charge in [-0.05, 0) is 25.8 Å². The molecule has 0 amide bonds. The number of aryl methyl sites for hydroxylation is 2. The van der Waals surface area contributed by atoms with Crippen molar-refractivity contribution in [3.63, 3.8) is 0 Å². The number of fused-ring (bicyclic) bond motifs is 1. The Bertz CT molecular complexity index is 518. The zero-order valence-electron chi connectivity index (χ0n) is 10.5. The van der Waals surface area contributed by atoms with Crippen molar-refractivity contribution in [1.29, 1.82) is 0 Å². The van der Waals surface area contributed by atoms with E-state index in [4.69, 9.17) is 4.42 Å². The molecule has 2 heterocycles. The fraction of sp³-hybridized carbons (Fsp3) is 0.429. The van der Waals surface area contributed by atoms with Crippen LogP contribution >= 0.6 is 0 Å². The van der Waals surface area contributed by atoms with Gasteiger partial charge in [0.2, 0.25) is 0 Å². The Morgan fingerprint density at radius 3 is 3.17 bits per heavy atom. The van der Waals surface area contributed by atoms with Gasteiger partial charge in [0.15, 0.2) is 0 Å². The molecule has 2 aromatic heterocycles. The smallest absolute Gasteiger partial charge is 0.108 e. The van der Waals surface area contributed by atoms with E-state index < -0.39 is 0 Å². The lowest BCUT2D eigenvalue weighted by atomic mass is 9.93. The molecule has 1 atom stereocenters.